The largest absolute Gasteiger partial charge is 0.305 e. The predicted molar refractivity (Wildman–Crippen MR) is 79.6 cm³/mol. The smallest absolute Gasteiger partial charge is 0.246 e. The molecule has 7 heteroatoms. The number of rotatable bonds is 2. The lowest BCUT2D eigenvalue weighted by Crippen LogP contribution is -2.42. The molecule has 1 aromatic carbocycles. The van der Waals surface area contributed by atoms with Gasteiger partial charge in [0.25, 0.3) is 0 Å². The van der Waals surface area contributed by atoms with Crippen LogP contribution in [0.5, 0.6) is 0 Å². The number of hydrogen-bond acceptors (Lipinski definition) is 3. The molecule has 1 heterocycles. The van der Waals surface area contributed by atoms with Gasteiger partial charge in [-0.25, -0.2) is 12.8 Å². The summed E-state index contributed by atoms with van der Waals surface area (Å²) in [6, 6.07) is 3.87. The van der Waals surface area contributed by atoms with Crippen LogP contribution in [0, 0.1) is 5.82 Å². The van der Waals surface area contributed by atoms with Crippen molar-refractivity contribution in [1.82, 2.24) is 9.21 Å². The minimum Gasteiger partial charge on any atom is -0.305 e. The second kappa shape index (κ2) is 6.09. The lowest BCUT2D eigenvalue weighted by Gasteiger charge is -2.27. The van der Waals surface area contributed by atoms with Crippen LogP contribution >= 0.6 is 15.9 Å². The Labute approximate surface area is 127 Å². The van der Waals surface area contributed by atoms with Crippen molar-refractivity contribution < 1.29 is 12.8 Å². The third-order valence-electron chi connectivity index (χ3n) is 3.47. The fraction of sp³-hybridized carbons (Fsp3) is 0.538. The molecule has 1 atom stereocenters. The van der Waals surface area contributed by atoms with Gasteiger partial charge in [-0.1, -0.05) is 15.9 Å². The van der Waals surface area contributed by atoms with Crippen LogP contribution < -0.4 is 0 Å². The molecule has 112 valence electrons. The summed E-state index contributed by atoms with van der Waals surface area (Å²) in [5.74, 6) is -0.718. The molecule has 0 N–H and O–H groups in total. The lowest BCUT2D eigenvalue weighted by molar-refractivity contribution is 0.290. The van der Waals surface area contributed by atoms with Crippen LogP contribution in [-0.4, -0.2) is 50.3 Å². The van der Waals surface area contributed by atoms with E-state index in [0.29, 0.717) is 17.6 Å². The van der Waals surface area contributed by atoms with E-state index in [1.165, 1.54) is 16.4 Å². The first kappa shape index (κ1) is 15.9. The molecule has 0 spiro atoms. The number of nitrogens with zero attached hydrogens (tertiary/aromatic N) is 2. The van der Waals surface area contributed by atoms with Crippen molar-refractivity contribution in [2.45, 2.75) is 24.3 Å². The molecule has 0 saturated carbocycles. The SMILES string of the molecule is CC1CN(C)CCCN1S(=O)(=O)c1ccc(Br)cc1F. The molecule has 1 fully saturated rings. The first-order valence-corrected chi connectivity index (χ1v) is 8.71. The predicted octanol–water partition coefficient (Wildman–Crippen LogP) is 2.30. The summed E-state index contributed by atoms with van der Waals surface area (Å²) in [6.45, 7) is 3.77. The minimum absolute atomic E-state index is 0.171. The Bertz CT molecular complexity index is 594. The fourth-order valence-corrected chi connectivity index (χ4v) is 4.56. The highest BCUT2D eigenvalue weighted by Crippen LogP contribution is 2.25. The molecule has 1 unspecified atom stereocenters. The van der Waals surface area contributed by atoms with Gasteiger partial charge in [0.1, 0.15) is 10.7 Å². The summed E-state index contributed by atoms with van der Waals surface area (Å²) in [4.78, 5) is 1.84. The molecule has 0 amide bonds. The van der Waals surface area contributed by atoms with Crippen molar-refractivity contribution >= 4 is 26.0 Å². The highest BCUT2D eigenvalue weighted by Gasteiger charge is 2.33. The first-order chi connectivity index (χ1) is 9.32. The Hall–Kier alpha value is -0.500. The molecule has 1 aliphatic rings. The summed E-state index contributed by atoms with van der Waals surface area (Å²) in [6.07, 6.45) is 0.748. The van der Waals surface area contributed by atoms with Gasteiger partial charge in [-0.2, -0.15) is 4.31 Å². The highest BCUT2D eigenvalue weighted by molar-refractivity contribution is 9.10. The zero-order valence-electron chi connectivity index (χ0n) is 11.5. The zero-order valence-corrected chi connectivity index (χ0v) is 13.9. The molecule has 1 aromatic rings. The van der Waals surface area contributed by atoms with Crippen LogP contribution in [0.25, 0.3) is 0 Å². The van der Waals surface area contributed by atoms with Crippen molar-refractivity contribution in [3.63, 3.8) is 0 Å². The molecule has 0 bridgehead atoms. The topological polar surface area (TPSA) is 40.6 Å². The van der Waals surface area contributed by atoms with Crippen molar-refractivity contribution in [3.05, 3.63) is 28.5 Å². The molecule has 1 aliphatic heterocycles. The monoisotopic (exact) mass is 364 g/mol. The Kier molecular flexibility index (Phi) is 4.84. The lowest BCUT2D eigenvalue weighted by atomic mass is 10.3. The molecule has 0 radical (unpaired) electrons. The van der Waals surface area contributed by atoms with E-state index < -0.39 is 15.8 Å². The maximum atomic E-state index is 14.0. The van der Waals surface area contributed by atoms with Crippen LogP contribution in [0.3, 0.4) is 0 Å². The van der Waals surface area contributed by atoms with E-state index in [9.17, 15) is 12.8 Å². The van der Waals surface area contributed by atoms with Crippen LogP contribution in [0.1, 0.15) is 13.3 Å². The second-order valence-electron chi connectivity index (χ2n) is 5.16. The molecular weight excluding hydrogens is 347 g/mol. The van der Waals surface area contributed by atoms with Crippen LogP contribution in [0.15, 0.2) is 27.6 Å². The summed E-state index contributed by atoms with van der Waals surface area (Å²) in [5.41, 5.74) is 0. The van der Waals surface area contributed by atoms with E-state index >= 15 is 0 Å². The Morgan fingerprint density at radius 2 is 2.05 bits per heavy atom. The van der Waals surface area contributed by atoms with Gasteiger partial charge >= 0.3 is 0 Å². The van der Waals surface area contributed by atoms with Gasteiger partial charge in [-0.3, -0.25) is 0 Å². The van der Waals surface area contributed by atoms with Crippen molar-refractivity contribution in [2.75, 3.05) is 26.7 Å². The fourth-order valence-electron chi connectivity index (χ4n) is 2.52. The van der Waals surface area contributed by atoms with E-state index in [4.69, 9.17) is 0 Å². The van der Waals surface area contributed by atoms with Gasteiger partial charge in [0.05, 0.1) is 0 Å². The number of likely N-dealkylation sites (N-methyl/N-ethyl adjacent to an activating group) is 1. The Morgan fingerprint density at radius 3 is 2.70 bits per heavy atom. The van der Waals surface area contributed by atoms with Gasteiger partial charge < -0.3 is 4.90 Å². The standard InChI is InChI=1S/C13H18BrFN2O2S/c1-10-9-16(2)6-3-7-17(10)20(18,19)13-5-4-11(14)8-12(13)15/h4-5,8,10H,3,6-7,9H2,1-2H3. The average molecular weight is 365 g/mol. The van der Waals surface area contributed by atoms with Gasteiger partial charge in [0.15, 0.2) is 0 Å². The van der Waals surface area contributed by atoms with E-state index in [1.807, 2.05) is 14.0 Å². The minimum atomic E-state index is -3.79. The highest BCUT2D eigenvalue weighted by atomic mass is 79.9. The van der Waals surface area contributed by atoms with Gasteiger partial charge in [0.2, 0.25) is 10.0 Å². The molecule has 2 rings (SSSR count). The number of hydrogen-bond donors (Lipinski definition) is 0. The third-order valence-corrected chi connectivity index (χ3v) is 6.01. The van der Waals surface area contributed by atoms with Gasteiger partial charge in [-0.05, 0) is 45.1 Å². The third kappa shape index (κ3) is 3.21. The number of sulfonamides is 1. The molecule has 0 aliphatic carbocycles. The summed E-state index contributed by atoms with van der Waals surface area (Å²) >= 11 is 3.14. The normalized spacial score (nSPS) is 22.7. The number of halogens is 2. The van der Waals surface area contributed by atoms with Crippen LogP contribution in [0.2, 0.25) is 0 Å². The van der Waals surface area contributed by atoms with E-state index in [0.717, 1.165) is 13.0 Å². The molecule has 20 heavy (non-hydrogen) atoms. The maximum Gasteiger partial charge on any atom is 0.246 e. The van der Waals surface area contributed by atoms with Gasteiger partial charge in [-0.15, -0.1) is 0 Å². The molecule has 4 nitrogen and oxygen atoms in total. The molecule has 0 aromatic heterocycles. The first-order valence-electron chi connectivity index (χ1n) is 6.48. The second-order valence-corrected chi connectivity index (χ2v) is 7.93. The number of benzene rings is 1. The Balaban J connectivity index is 2.38. The summed E-state index contributed by atoms with van der Waals surface area (Å²) in [5, 5.41) is 0. The molecule has 1 saturated heterocycles. The molecular formula is C13H18BrFN2O2S. The van der Waals surface area contributed by atoms with Crippen LogP contribution in [-0.2, 0) is 10.0 Å². The maximum absolute atomic E-state index is 14.0. The quantitative estimate of drug-likeness (QED) is 0.808. The van der Waals surface area contributed by atoms with E-state index in [2.05, 4.69) is 20.8 Å². The van der Waals surface area contributed by atoms with Gasteiger partial charge in [0, 0.05) is 23.6 Å². The van der Waals surface area contributed by atoms with Crippen molar-refractivity contribution in [3.8, 4) is 0 Å². The van der Waals surface area contributed by atoms with E-state index in [-0.39, 0.29) is 10.9 Å². The Morgan fingerprint density at radius 1 is 1.35 bits per heavy atom. The van der Waals surface area contributed by atoms with E-state index in [1.54, 1.807) is 6.07 Å². The average Bonchev–Trinajstić information content (AvgIpc) is 2.49. The van der Waals surface area contributed by atoms with Crippen molar-refractivity contribution in [1.29, 1.82) is 0 Å². The van der Waals surface area contributed by atoms with Crippen LogP contribution in [0.4, 0.5) is 4.39 Å². The summed E-state index contributed by atoms with van der Waals surface area (Å²) in [7, 11) is -1.83. The zero-order chi connectivity index (χ0) is 14.9. The summed E-state index contributed by atoms with van der Waals surface area (Å²) < 4.78 is 41.2. The van der Waals surface area contributed by atoms with Crippen molar-refractivity contribution in [2.24, 2.45) is 0 Å².